The van der Waals surface area contributed by atoms with Crippen LogP contribution in [0.15, 0.2) is 54.6 Å². The third-order valence-electron chi connectivity index (χ3n) is 2.44. The highest BCUT2D eigenvalue weighted by atomic mass is 16.4. The van der Waals surface area contributed by atoms with Crippen molar-refractivity contribution in [1.82, 2.24) is 0 Å². The molecule has 18 heavy (non-hydrogen) atoms. The van der Waals surface area contributed by atoms with E-state index in [2.05, 4.69) is 0 Å². The molecule has 0 aromatic heterocycles. The molecule has 0 atom stereocenters. The van der Waals surface area contributed by atoms with Crippen LogP contribution in [0.3, 0.4) is 0 Å². The molecule has 0 unspecified atom stereocenters. The van der Waals surface area contributed by atoms with Gasteiger partial charge in [0.2, 0.25) is 0 Å². The van der Waals surface area contributed by atoms with Gasteiger partial charge in [-0.2, -0.15) is 0 Å². The number of carboxylic acid groups (broad SMARTS) is 1. The number of carboxylic acids is 1. The van der Waals surface area contributed by atoms with Crippen LogP contribution in [-0.4, -0.2) is 22.3 Å². The molecule has 0 radical (unpaired) electrons. The van der Waals surface area contributed by atoms with Crippen LogP contribution in [0.25, 0.3) is 0 Å². The van der Waals surface area contributed by atoms with Crippen LogP contribution in [0.2, 0.25) is 0 Å². The lowest BCUT2D eigenvalue weighted by Crippen LogP contribution is -2.09. The van der Waals surface area contributed by atoms with Gasteiger partial charge in [-0.1, -0.05) is 48.5 Å². The fraction of sp³-hybridized carbons (Fsp3) is 0. The maximum Gasteiger partial charge on any atom is 0.336 e. The van der Waals surface area contributed by atoms with Crippen LogP contribution in [-0.2, 0) is 0 Å². The highest BCUT2D eigenvalue weighted by molar-refractivity contribution is 6.14. The molecule has 0 bridgehead atoms. The zero-order chi connectivity index (χ0) is 12.3. The first-order chi connectivity index (χ1) is 8.20. The van der Waals surface area contributed by atoms with Gasteiger partial charge in [0.1, 0.15) is 0 Å². The molecule has 3 N–H and O–H groups in total. The molecule has 0 saturated carbocycles. The Hall–Kier alpha value is -2.46. The zero-order valence-electron chi connectivity index (χ0n) is 9.46. The molecule has 0 aliphatic rings. The molecule has 0 spiro atoms. The van der Waals surface area contributed by atoms with E-state index in [-0.39, 0.29) is 22.4 Å². The molecule has 0 heterocycles. The van der Waals surface area contributed by atoms with Crippen molar-refractivity contribution in [3.8, 4) is 0 Å². The number of hydrogen-bond donors (Lipinski definition) is 1. The van der Waals surface area contributed by atoms with Gasteiger partial charge in [0, 0.05) is 11.1 Å². The third kappa shape index (κ3) is 2.61. The molecule has 0 saturated heterocycles. The summed E-state index contributed by atoms with van der Waals surface area (Å²) < 4.78 is 0. The van der Waals surface area contributed by atoms with Crippen LogP contribution >= 0.6 is 0 Å². The minimum Gasteiger partial charge on any atom is -0.478 e. The fourth-order valence-corrected chi connectivity index (χ4v) is 1.61. The number of aromatic carboxylic acids is 1. The molecule has 0 fully saturated rings. The van der Waals surface area contributed by atoms with Crippen molar-refractivity contribution < 1.29 is 20.2 Å². The largest absolute Gasteiger partial charge is 0.478 e. The van der Waals surface area contributed by atoms with Crippen LogP contribution < -0.4 is 0 Å². The topological polar surface area (TPSA) is 85.9 Å². The first kappa shape index (κ1) is 13.6. The van der Waals surface area contributed by atoms with Gasteiger partial charge in [-0.3, -0.25) is 4.79 Å². The van der Waals surface area contributed by atoms with E-state index in [0.29, 0.717) is 5.56 Å². The second-order valence-electron chi connectivity index (χ2n) is 3.55. The lowest BCUT2D eigenvalue weighted by atomic mass is 9.98. The second-order valence-corrected chi connectivity index (χ2v) is 3.55. The van der Waals surface area contributed by atoms with E-state index in [1.807, 2.05) is 0 Å². The average molecular weight is 244 g/mol. The van der Waals surface area contributed by atoms with E-state index < -0.39 is 5.97 Å². The molecule has 0 aliphatic heterocycles. The van der Waals surface area contributed by atoms with Crippen molar-refractivity contribution in [3.63, 3.8) is 0 Å². The third-order valence-corrected chi connectivity index (χ3v) is 2.44. The van der Waals surface area contributed by atoms with Crippen LogP contribution in [0.1, 0.15) is 26.3 Å². The van der Waals surface area contributed by atoms with Gasteiger partial charge in [-0.05, 0) is 6.07 Å². The molecular weight excluding hydrogens is 232 g/mol. The van der Waals surface area contributed by atoms with E-state index in [9.17, 15) is 9.59 Å². The van der Waals surface area contributed by atoms with Crippen molar-refractivity contribution in [3.05, 3.63) is 71.3 Å². The minimum absolute atomic E-state index is 0. The van der Waals surface area contributed by atoms with Gasteiger partial charge in [-0.15, -0.1) is 0 Å². The Kier molecular flexibility index (Phi) is 4.34. The average Bonchev–Trinajstić information content (AvgIpc) is 2.39. The predicted molar refractivity (Wildman–Crippen MR) is 66.9 cm³/mol. The molecule has 92 valence electrons. The Morgan fingerprint density at radius 1 is 0.778 bits per heavy atom. The van der Waals surface area contributed by atoms with Crippen molar-refractivity contribution in [2.24, 2.45) is 0 Å². The SMILES string of the molecule is O.O=C(O)c1ccccc1C(=O)c1ccccc1. The summed E-state index contributed by atoms with van der Waals surface area (Å²) in [5.74, 6) is -1.37. The number of carbonyl (C=O) groups excluding carboxylic acids is 1. The van der Waals surface area contributed by atoms with Crippen molar-refractivity contribution in [2.45, 2.75) is 0 Å². The number of hydrogen-bond acceptors (Lipinski definition) is 2. The van der Waals surface area contributed by atoms with E-state index in [1.165, 1.54) is 12.1 Å². The quantitative estimate of drug-likeness (QED) is 0.835. The zero-order valence-corrected chi connectivity index (χ0v) is 9.46. The summed E-state index contributed by atoms with van der Waals surface area (Å²) in [4.78, 5) is 23.1. The Morgan fingerprint density at radius 3 is 1.83 bits per heavy atom. The van der Waals surface area contributed by atoms with Gasteiger partial charge in [0.25, 0.3) is 0 Å². The van der Waals surface area contributed by atoms with E-state index >= 15 is 0 Å². The Bertz CT molecular complexity index is 561. The summed E-state index contributed by atoms with van der Waals surface area (Å²) in [5.41, 5.74) is 0.730. The maximum atomic E-state index is 12.1. The Labute approximate surface area is 104 Å². The summed E-state index contributed by atoms with van der Waals surface area (Å²) in [7, 11) is 0. The molecule has 4 nitrogen and oxygen atoms in total. The van der Waals surface area contributed by atoms with Crippen molar-refractivity contribution in [2.75, 3.05) is 0 Å². The van der Waals surface area contributed by atoms with E-state index in [4.69, 9.17) is 5.11 Å². The lowest BCUT2D eigenvalue weighted by Gasteiger charge is -2.04. The van der Waals surface area contributed by atoms with Gasteiger partial charge in [0.05, 0.1) is 5.56 Å². The summed E-state index contributed by atoms with van der Waals surface area (Å²) in [5, 5.41) is 9.01. The van der Waals surface area contributed by atoms with Gasteiger partial charge >= 0.3 is 5.97 Å². The minimum atomic E-state index is -1.09. The molecule has 0 aliphatic carbocycles. The monoisotopic (exact) mass is 244 g/mol. The molecule has 2 aromatic rings. The lowest BCUT2D eigenvalue weighted by molar-refractivity contribution is 0.0693. The number of ketones is 1. The molecular formula is C14H12O4. The molecule has 0 amide bonds. The van der Waals surface area contributed by atoms with Crippen LogP contribution in [0.5, 0.6) is 0 Å². The standard InChI is InChI=1S/C14H10O3.H2O/c15-13(10-6-2-1-3-7-10)11-8-4-5-9-12(11)14(16)17;/h1-9H,(H,16,17);1H2. The second kappa shape index (κ2) is 5.75. The van der Waals surface area contributed by atoms with Crippen LogP contribution in [0, 0.1) is 0 Å². The van der Waals surface area contributed by atoms with E-state index in [0.717, 1.165) is 0 Å². The molecule has 4 heteroatoms. The van der Waals surface area contributed by atoms with Crippen molar-refractivity contribution in [1.29, 1.82) is 0 Å². The Balaban J connectivity index is 0.00000162. The Morgan fingerprint density at radius 2 is 1.28 bits per heavy atom. The fourth-order valence-electron chi connectivity index (χ4n) is 1.61. The summed E-state index contributed by atoms with van der Waals surface area (Å²) >= 11 is 0. The van der Waals surface area contributed by atoms with Gasteiger partial charge < -0.3 is 10.6 Å². The summed E-state index contributed by atoms with van der Waals surface area (Å²) in [6.07, 6.45) is 0. The highest BCUT2D eigenvalue weighted by Gasteiger charge is 2.16. The van der Waals surface area contributed by atoms with Crippen molar-refractivity contribution >= 4 is 11.8 Å². The van der Waals surface area contributed by atoms with E-state index in [1.54, 1.807) is 42.5 Å². The number of rotatable bonds is 3. The van der Waals surface area contributed by atoms with Gasteiger partial charge in [0.15, 0.2) is 5.78 Å². The highest BCUT2D eigenvalue weighted by Crippen LogP contribution is 2.14. The first-order valence-corrected chi connectivity index (χ1v) is 5.12. The normalized spacial score (nSPS) is 9.33. The van der Waals surface area contributed by atoms with Gasteiger partial charge in [-0.25, -0.2) is 4.79 Å². The first-order valence-electron chi connectivity index (χ1n) is 5.12. The molecule has 2 aromatic carbocycles. The molecule has 2 rings (SSSR count). The summed E-state index contributed by atoms with van der Waals surface area (Å²) in [6.45, 7) is 0. The summed E-state index contributed by atoms with van der Waals surface area (Å²) in [6, 6.07) is 14.8. The number of benzene rings is 2. The maximum absolute atomic E-state index is 12.1. The smallest absolute Gasteiger partial charge is 0.336 e. The predicted octanol–water partition coefficient (Wildman–Crippen LogP) is 1.79. The number of carbonyl (C=O) groups is 2. The van der Waals surface area contributed by atoms with Crippen LogP contribution in [0.4, 0.5) is 0 Å².